The van der Waals surface area contributed by atoms with Crippen molar-refractivity contribution in [1.29, 1.82) is 0 Å². The van der Waals surface area contributed by atoms with Crippen molar-refractivity contribution >= 4 is 34.6 Å². The average molecular weight is 252 g/mol. The van der Waals surface area contributed by atoms with E-state index in [-0.39, 0.29) is 0 Å². The summed E-state index contributed by atoms with van der Waals surface area (Å²) < 4.78 is 0. The van der Waals surface area contributed by atoms with E-state index in [4.69, 9.17) is 0 Å². The van der Waals surface area contributed by atoms with Crippen LogP contribution in [0.3, 0.4) is 0 Å². The summed E-state index contributed by atoms with van der Waals surface area (Å²) in [4.78, 5) is 10.9. The van der Waals surface area contributed by atoms with Crippen LogP contribution in [0.1, 0.15) is 0 Å². The summed E-state index contributed by atoms with van der Waals surface area (Å²) in [5.74, 6) is 2.57. The summed E-state index contributed by atoms with van der Waals surface area (Å²) in [7, 11) is 3.84. The van der Waals surface area contributed by atoms with Gasteiger partial charge in [0.05, 0.1) is 11.6 Å². The van der Waals surface area contributed by atoms with Crippen LogP contribution in [0.25, 0.3) is 11.0 Å². The Morgan fingerprint density at radius 2 is 2.29 bits per heavy atom. The molecule has 2 rings (SSSR count). The number of rotatable bonds is 5. The molecule has 0 spiro atoms. The molecule has 0 atom stereocenters. The zero-order valence-corrected chi connectivity index (χ0v) is 11.0. The molecule has 0 aliphatic carbocycles. The van der Waals surface area contributed by atoms with Crippen LogP contribution in [0.2, 0.25) is 0 Å². The molecule has 0 saturated heterocycles. The van der Waals surface area contributed by atoms with E-state index in [1.54, 1.807) is 6.20 Å². The molecule has 2 N–H and O–H groups in total. The van der Waals surface area contributed by atoms with Crippen LogP contribution in [0.4, 0.5) is 11.8 Å². The van der Waals surface area contributed by atoms with Crippen LogP contribution >= 0.6 is 11.8 Å². The lowest BCUT2D eigenvalue weighted by molar-refractivity contribution is 0.949. The van der Waals surface area contributed by atoms with E-state index in [0.29, 0.717) is 5.95 Å². The van der Waals surface area contributed by atoms with Crippen molar-refractivity contribution in [2.45, 2.75) is 0 Å². The molecule has 92 valence electrons. The molecule has 0 aliphatic heterocycles. The molecule has 7 heteroatoms. The van der Waals surface area contributed by atoms with Crippen molar-refractivity contribution in [3.63, 3.8) is 0 Å². The number of hydrogen-bond acceptors (Lipinski definition) is 6. The minimum Gasteiger partial charge on any atom is -0.358 e. The number of fused-ring (bicyclic) bond motifs is 1. The number of H-pyrrole nitrogens is 1. The zero-order valence-electron chi connectivity index (χ0n) is 10.2. The zero-order chi connectivity index (χ0) is 12.3. The maximum atomic E-state index is 4.48. The van der Waals surface area contributed by atoms with Gasteiger partial charge < -0.3 is 10.2 Å². The second-order valence-electron chi connectivity index (χ2n) is 3.67. The van der Waals surface area contributed by atoms with Gasteiger partial charge in [0.1, 0.15) is 5.82 Å². The molecule has 0 radical (unpaired) electrons. The second kappa shape index (κ2) is 5.22. The van der Waals surface area contributed by atoms with E-state index in [1.807, 2.05) is 25.9 Å². The predicted octanol–water partition coefficient (Wildman–Crippen LogP) is 1.19. The number of thioether (sulfide) groups is 1. The average Bonchev–Trinajstić information content (AvgIpc) is 2.82. The van der Waals surface area contributed by atoms with E-state index in [0.717, 1.165) is 29.1 Å². The molecule has 2 heterocycles. The molecule has 0 aromatic carbocycles. The van der Waals surface area contributed by atoms with Gasteiger partial charge in [-0.25, -0.2) is 0 Å². The molecule has 6 nitrogen and oxygen atoms in total. The first kappa shape index (κ1) is 12.0. The molecule has 0 amide bonds. The highest BCUT2D eigenvalue weighted by Gasteiger charge is 2.12. The number of aromatic nitrogens is 4. The number of aromatic amines is 1. The van der Waals surface area contributed by atoms with Crippen molar-refractivity contribution in [1.82, 2.24) is 20.2 Å². The molecule has 2 aromatic heterocycles. The summed E-state index contributed by atoms with van der Waals surface area (Å²) in [6, 6.07) is 0. The number of nitrogens with zero attached hydrogens (tertiary/aromatic N) is 4. The fourth-order valence-corrected chi connectivity index (χ4v) is 2.01. The quantitative estimate of drug-likeness (QED) is 0.833. The Hall–Kier alpha value is -1.50. The molecule has 0 bridgehead atoms. The van der Waals surface area contributed by atoms with Gasteiger partial charge in [0, 0.05) is 26.4 Å². The van der Waals surface area contributed by atoms with Gasteiger partial charge in [-0.15, -0.1) is 0 Å². The Morgan fingerprint density at radius 3 is 3.00 bits per heavy atom. The molecule has 0 unspecified atom stereocenters. The maximum absolute atomic E-state index is 4.48. The summed E-state index contributed by atoms with van der Waals surface area (Å²) in [6.45, 7) is 0.946. The molecule has 2 aromatic rings. The summed E-state index contributed by atoms with van der Waals surface area (Å²) >= 11 is 1.82. The first-order valence-electron chi connectivity index (χ1n) is 5.35. The van der Waals surface area contributed by atoms with E-state index in [2.05, 4.69) is 36.6 Å². The molecule has 0 fully saturated rings. The van der Waals surface area contributed by atoms with Crippen molar-refractivity contribution in [3.8, 4) is 0 Å². The van der Waals surface area contributed by atoms with Gasteiger partial charge in [-0.2, -0.15) is 26.8 Å². The third kappa shape index (κ3) is 2.44. The third-order valence-corrected chi connectivity index (χ3v) is 3.10. The lowest BCUT2D eigenvalue weighted by Gasteiger charge is -2.18. The fourth-order valence-electron chi connectivity index (χ4n) is 1.56. The van der Waals surface area contributed by atoms with Crippen LogP contribution in [-0.4, -0.2) is 52.8 Å². The van der Waals surface area contributed by atoms with E-state index in [1.165, 1.54) is 0 Å². The smallest absolute Gasteiger partial charge is 0.226 e. The Bertz CT molecular complexity index is 497. The van der Waals surface area contributed by atoms with Crippen LogP contribution in [-0.2, 0) is 0 Å². The summed E-state index contributed by atoms with van der Waals surface area (Å²) in [5, 5.41) is 10.8. The minimum absolute atomic E-state index is 0.604. The van der Waals surface area contributed by atoms with Gasteiger partial charge in [0.25, 0.3) is 0 Å². The standard InChI is InChI=1S/C10H16N6S/c1-11-10-13-8-7(6-12-15-8)9(14-10)16(2)4-5-17-3/h6H,4-5H2,1-3H3,(H2,11,12,13,14,15). The van der Waals surface area contributed by atoms with Crippen molar-refractivity contribution in [2.24, 2.45) is 0 Å². The van der Waals surface area contributed by atoms with Crippen LogP contribution in [0.5, 0.6) is 0 Å². The predicted molar refractivity (Wildman–Crippen MR) is 72.9 cm³/mol. The highest BCUT2D eigenvalue weighted by atomic mass is 32.2. The number of anilines is 2. The minimum atomic E-state index is 0.604. The highest BCUT2D eigenvalue weighted by Crippen LogP contribution is 2.22. The van der Waals surface area contributed by atoms with Gasteiger partial charge in [-0.05, 0) is 6.26 Å². The second-order valence-corrected chi connectivity index (χ2v) is 4.65. The van der Waals surface area contributed by atoms with Crippen LogP contribution in [0.15, 0.2) is 6.20 Å². The van der Waals surface area contributed by atoms with Crippen LogP contribution in [0, 0.1) is 0 Å². The van der Waals surface area contributed by atoms with Gasteiger partial charge in [-0.3, -0.25) is 5.10 Å². The molecular formula is C10H16N6S. The molecule has 0 aliphatic rings. The Labute approximate surface area is 104 Å². The Balaban J connectivity index is 2.39. The number of hydrogen-bond donors (Lipinski definition) is 2. The van der Waals surface area contributed by atoms with E-state index >= 15 is 0 Å². The Kier molecular flexibility index (Phi) is 3.68. The van der Waals surface area contributed by atoms with Crippen LogP contribution < -0.4 is 10.2 Å². The van der Waals surface area contributed by atoms with Crippen molar-refractivity contribution < 1.29 is 0 Å². The van der Waals surface area contributed by atoms with Gasteiger partial charge >= 0.3 is 0 Å². The summed E-state index contributed by atoms with van der Waals surface area (Å²) in [5.41, 5.74) is 0.760. The first-order valence-corrected chi connectivity index (χ1v) is 6.74. The Morgan fingerprint density at radius 1 is 1.47 bits per heavy atom. The molecule has 0 saturated carbocycles. The molecular weight excluding hydrogens is 236 g/mol. The van der Waals surface area contributed by atoms with Gasteiger partial charge in [-0.1, -0.05) is 0 Å². The van der Waals surface area contributed by atoms with E-state index in [9.17, 15) is 0 Å². The third-order valence-electron chi connectivity index (χ3n) is 2.51. The van der Waals surface area contributed by atoms with Gasteiger partial charge in [0.2, 0.25) is 5.95 Å². The maximum Gasteiger partial charge on any atom is 0.226 e. The van der Waals surface area contributed by atoms with Crippen molar-refractivity contribution in [2.75, 3.05) is 42.9 Å². The normalized spacial score (nSPS) is 10.8. The molecule has 17 heavy (non-hydrogen) atoms. The fraction of sp³-hybridized carbons (Fsp3) is 0.500. The van der Waals surface area contributed by atoms with Crippen molar-refractivity contribution in [3.05, 3.63) is 6.20 Å². The topological polar surface area (TPSA) is 69.7 Å². The van der Waals surface area contributed by atoms with Gasteiger partial charge in [0.15, 0.2) is 5.65 Å². The summed E-state index contributed by atoms with van der Waals surface area (Å²) in [6.07, 6.45) is 3.86. The largest absolute Gasteiger partial charge is 0.358 e. The lowest BCUT2D eigenvalue weighted by atomic mass is 10.3. The lowest BCUT2D eigenvalue weighted by Crippen LogP contribution is -2.22. The SMILES string of the molecule is CNc1nc(N(C)CCSC)c2cn[nH]c2n1. The highest BCUT2D eigenvalue weighted by molar-refractivity contribution is 7.98. The first-order chi connectivity index (χ1) is 8.26. The monoisotopic (exact) mass is 252 g/mol. The number of nitrogens with one attached hydrogen (secondary N) is 2. The van der Waals surface area contributed by atoms with E-state index < -0.39 is 0 Å².